The van der Waals surface area contributed by atoms with Crippen molar-refractivity contribution in [3.05, 3.63) is 34.3 Å². The molecule has 62 valence electrons. The Morgan fingerprint density at radius 2 is 2.25 bits per heavy atom. The van der Waals surface area contributed by atoms with Gasteiger partial charge in [0, 0.05) is 10.0 Å². The van der Waals surface area contributed by atoms with Crippen LogP contribution in [0.1, 0.15) is 16.8 Å². The highest BCUT2D eigenvalue weighted by atomic mass is 79.9. The molecule has 0 saturated heterocycles. The van der Waals surface area contributed by atoms with Crippen LogP contribution in [0.2, 0.25) is 0 Å². The molecule has 0 aliphatic rings. The highest BCUT2D eigenvalue weighted by Gasteiger charge is 2.03. The number of benzene rings is 1. The Labute approximate surface area is 78.7 Å². The molecule has 1 aromatic carbocycles. The molecule has 0 spiro atoms. The Morgan fingerprint density at radius 3 is 2.83 bits per heavy atom. The van der Waals surface area contributed by atoms with Crippen LogP contribution in [0.15, 0.2) is 28.7 Å². The van der Waals surface area contributed by atoms with E-state index in [0.717, 1.165) is 4.47 Å². The van der Waals surface area contributed by atoms with Crippen LogP contribution in [0, 0.1) is 0 Å². The Hall–Kier alpha value is -0.960. The van der Waals surface area contributed by atoms with Crippen LogP contribution in [-0.4, -0.2) is 12.1 Å². The van der Waals surface area contributed by atoms with Crippen molar-refractivity contribution in [1.29, 1.82) is 0 Å². The van der Waals surface area contributed by atoms with Crippen LogP contribution in [0.4, 0.5) is 0 Å². The second-order valence-electron chi connectivity index (χ2n) is 2.30. The Kier molecular flexibility index (Phi) is 3.17. The molecule has 0 aliphatic heterocycles. The van der Waals surface area contributed by atoms with E-state index in [0.29, 0.717) is 11.8 Å². The molecule has 1 rings (SSSR count). The minimum Gasteiger partial charge on any atom is -0.303 e. The van der Waals surface area contributed by atoms with E-state index in [1.807, 2.05) is 6.07 Å². The standard InChI is InChI=1S/C9H7BrO2/c10-8-3-1-2-7(6-8)9(12)4-5-11/h1-3,5-6H,4H2. The van der Waals surface area contributed by atoms with E-state index in [9.17, 15) is 9.59 Å². The fourth-order valence-corrected chi connectivity index (χ4v) is 1.25. The van der Waals surface area contributed by atoms with Crippen LogP contribution < -0.4 is 0 Å². The average molecular weight is 227 g/mol. The summed E-state index contributed by atoms with van der Waals surface area (Å²) in [6, 6.07) is 6.99. The molecule has 0 saturated carbocycles. The fraction of sp³-hybridized carbons (Fsp3) is 0.111. The smallest absolute Gasteiger partial charge is 0.169 e. The summed E-state index contributed by atoms with van der Waals surface area (Å²) in [7, 11) is 0. The Morgan fingerprint density at radius 1 is 1.50 bits per heavy atom. The van der Waals surface area contributed by atoms with Crippen molar-refractivity contribution in [1.82, 2.24) is 0 Å². The molecular weight excluding hydrogens is 220 g/mol. The van der Waals surface area contributed by atoms with Gasteiger partial charge in [0.25, 0.3) is 0 Å². The lowest BCUT2D eigenvalue weighted by molar-refractivity contribution is -0.107. The van der Waals surface area contributed by atoms with Crippen molar-refractivity contribution in [2.24, 2.45) is 0 Å². The summed E-state index contributed by atoms with van der Waals surface area (Å²) in [6.07, 6.45) is 0.569. The summed E-state index contributed by atoms with van der Waals surface area (Å²) in [5, 5.41) is 0. The summed E-state index contributed by atoms with van der Waals surface area (Å²) < 4.78 is 0.847. The molecule has 0 fully saturated rings. The van der Waals surface area contributed by atoms with Gasteiger partial charge >= 0.3 is 0 Å². The highest BCUT2D eigenvalue weighted by molar-refractivity contribution is 9.10. The molecule has 0 atom stereocenters. The summed E-state index contributed by atoms with van der Waals surface area (Å²) in [6.45, 7) is 0. The topological polar surface area (TPSA) is 34.1 Å². The summed E-state index contributed by atoms with van der Waals surface area (Å²) >= 11 is 3.24. The summed E-state index contributed by atoms with van der Waals surface area (Å²) in [5.41, 5.74) is 0.566. The van der Waals surface area contributed by atoms with E-state index in [-0.39, 0.29) is 12.2 Å². The number of carbonyl (C=O) groups excluding carboxylic acids is 2. The van der Waals surface area contributed by atoms with Crippen molar-refractivity contribution in [2.75, 3.05) is 0 Å². The van der Waals surface area contributed by atoms with Gasteiger partial charge < -0.3 is 4.79 Å². The second kappa shape index (κ2) is 4.16. The molecule has 1 aromatic rings. The number of carbonyl (C=O) groups is 2. The maximum Gasteiger partial charge on any atom is 0.169 e. The molecule has 0 heterocycles. The van der Waals surface area contributed by atoms with Gasteiger partial charge in [-0.3, -0.25) is 4.79 Å². The summed E-state index contributed by atoms with van der Waals surface area (Å²) in [5.74, 6) is -0.147. The monoisotopic (exact) mass is 226 g/mol. The van der Waals surface area contributed by atoms with E-state index < -0.39 is 0 Å². The van der Waals surface area contributed by atoms with E-state index in [4.69, 9.17) is 0 Å². The molecule has 12 heavy (non-hydrogen) atoms. The molecule has 0 unspecified atom stereocenters. The minimum absolute atomic E-state index is 0.0452. The SMILES string of the molecule is O=CCC(=O)c1cccc(Br)c1. The first-order chi connectivity index (χ1) is 5.74. The number of rotatable bonds is 3. The first-order valence-corrected chi connectivity index (χ1v) is 4.25. The van der Waals surface area contributed by atoms with Crippen molar-refractivity contribution >= 4 is 28.0 Å². The third kappa shape index (κ3) is 2.27. The first-order valence-electron chi connectivity index (χ1n) is 3.46. The predicted molar refractivity (Wildman–Crippen MR) is 49.2 cm³/mol. The molecular formula is C9H7BrO2. The zero-order valence-electron chi connectivity index (χ0n) is 6.29. The van der Waals surface area contributed by atoms with Crippen LogP contribution in [0.5, 0.6) is 0 Å². The maximum atomic E-state index is 11.1. The number of hydrogen-bond acceptors (Lipinski definition) is 2. The predicted octanol–water partition coefficient (Wildman–Crippen LogP) is 2.22. The third-order valence-corrected chi connectivity index (χ3v) is 1.91. The molecule has 0 aromatic heterocycles. The van der Waals surface area contributed by atoms with Gasteiger partial charge in [-0.25, -0.2) is 0 Å². The quantitative estimate of drug-likeness (QED) is 0.450. The van der Waals surface area contributed by atoms with Crippen molar-refractivity contribution in [2.45, 2.75) is 6.42 Å². The zero-order valence-corrected chi connectivity index (χ0v) is 7.87. The lowest BCUT2D eigenvalue weighted by Crippen LogP contribution is -1.98. The molecule has 0 bridgehead atoms. The van der Waals surface area contributed by atoms with Gasteiger partial charge in [-0.1, -0.05) is 28.1 Å². The molecule has 0 amide bonds. The van der Waals surface area contributed by atoms with Crippen molar-refractivity contribution < 1.29 is 9.59 Å². The number of ketones is 1. The molecule has 0 radical (unpaired) electrons. The van der Waals surface area contributed by atoms with Gasteiger partial charge in [0.1, 0.15) is 6.29 Å². The molecule has 0 aliphatic carbocycles. The van der Waals surface area contributed by atoms with Gasteiger partial charge in [0.2, 0.25) is 0 Å². The second-order valence-corrected chi connectivity index (χ2v) is 3.22. The van der Waals surface area contributed by atoms with Crippen molar-refractivity contribution in [3.8, 4) is 0 Å². The highest BCUT2D eigenvalue weighted by Crippen LogP contribution is 2.12. The number of aldehydes is 1. The minimum atomic E-state index is -0.147. The largest absolute Gasteiger partial charge is 0.303 e. The van der Waals surface area contributed by atoms with E-state index in [1.54, 1.807) is 18.2 Å². The van der Waals surface area contributed by atoms with Crippen LogP contribution in [-0.2, 0) is 4.79 Å². The van der Waals surface area contributed by atoms with Crippen LogP contribution in [0.3, 0.4) is 0 Å². The number of hydrogen-bond donors (Lipinski definition) is 0. The van der Waals surface area contributed by atoms with Gasteiger partial charge in [-0.15, -0.1) is 0 Å². The lowest BCUT2D eigenvalue weighted by atomic mass is 10.1. The van der Waals surface area contributed by atoms with E-state index in [2.05, 4.69) is 15.9 Å². The van der Waals surface area contributed by atoms with Gasteiger partial charge in [-0.05, 0) is 12.1 Å². The maximum absolute atomic E-state index is 11.1. The molecule has 3 heteroatoms. The Bertz CT molecular complexity index is 307. The van der Waals surface area contributed by atoms with Gasteiger partial charge in [0.05, 0.1) is 6.42 Å². The zero-order chi connectivity index (χ0) is 8.97. The molecule has 0 N–H and O–H groups in total. The first kappa shape index (κ1) is 9.13. The Balaban J connectivity index is 2.87. The van der Waals surface area contributed by atoms with Gasteiger partial charge in [0.15, 0.2) is 5.78 Å². The van der Waals surface area contributed by atoms with Gasteiger partial charge in [-0.2, -0.15) is 0 Å². The molecule has 2 nitrogen and oxygen atoms in total. The normalized spacial score (nSPS) is 9.42. The lowest BCUT2D eigenvalue weighted by Gasteiger charge is -1.96. The average Bonchev–Trinajstić information content (AvgIpc) is 2.05. The van der Waals surface area contributed by atoms with Crippen LogP contribution >= 0.6 is 15.9 Å². The number of Topliss-reactive ketones (excluding diaryl/α,β-unsaturated/α-hetero) is 1. The number of halogens is 1. The summed E-state index contributed by atoms with van der Waals surface area (Å²) in [4.78, 5) is 21.2. The third-order valence-electron chi connectivity index (χ3n) is 1.42. The van der Waals surface area contributed by atoms with E-state index in [1.165, 1.54) is 0 Å². The van der Waals surface area contributed by atoms with Crippen LogP contribution in [0.25, 0.3) is 0 Å². The van der Waals surface area contributed by atoms with E-state index >= 15 is 0 Å². The fourth-order valence-electron chi connectivity index (χ4n) is 0.855. The van der Waals surface area contributed by atoms with Crippen molar-refractivity contribution in [3.63, 3.8) is 0 Å².